The third-order valence-electron chi connectivity index (χ3n) is 10.1. The Morgan fingerprint density at radius 3 is 2.58 bits per heavy atom. The van der Waals surface area contributed by atoms with Crippen LogP contribution in [0.2, 0.25) is 5.02 Å². The molecule has 50 heavy (non-hydrogen) atoms. The van der Waals surface area contributed by atoms with Gasteiger partial charge in [-0.3, -0.25) is 10.00 Å². The Morgan fingerprint density at radius 1 is 1.10 bits per heavy atom. The topological polar surface area (TPSA) is 118 Å². The van der Waals surface area contributed by atoms with Crippen molar-refractivity contribution in [3.05, 3.63) is 82.3 Å². The first-order chi connectivity index (χ1) is 23.9. The monoisotopic (exact) mass is 706 g/mol. The zero-order valence-corrected chi connectivity index (χ0v) is 27.7. The third kappa shape index (κ3) is 5.72. The highest BCUT2D eigenvalue weighted by Gasteiger charge is 2.43. The van der Waals surface area contributed by atoms with Gasteiger partial charge in [0.25, 0.3) is 5.79 Å². The van der Waals surface area contributed by atoms with Crippen LogP contribution in [0, 0.1) is 22.6 Å². The SMILES string of the molecule is CC1(c2ccc(Cl)cc2F)Oc2cccc(C3CCN(Cc4nc5cc(-c6n[nH]c(C(F)(F)F)n6)cnc5n4CC4(C#N)CCC4)CC3)c2O1. The van der Waals surface area contributed by atoms with Gasteiger partial charge in [0.1, 0.15) is 17.2 Å². The molecule has 1 atom stereocenters. The number of benzene rings is 2. The van der Waals surface area contributed by atoms with Crippen molar-refractivity contribution in [2.45, 2.75) is 70.0 Å². The summed E-state index contributed by atoms with van der Waals surface area (Å²) in [5.41, 5.74) is 2.11. The van der Waals surface area contributed by atoms with E-state index >= 15 is 0 Å². The fourth-order valence-electron chi connectivity index (χ4n) is 7.24. The number of likely N-dealkylation sites (tertiary alicyclic amines) is 1. The Balaban J connectivity index is 1.02. The van der Waals surface area contributed by atoms with Crippen LogP contribution in [-0.4, -0.2) is 47.7 Å². The van der Waals surface area contributed by atoms with Crippen molar-refractivity contribution in [1.82, 2.24) is 34.6 Å². The van der Waals surface area contributed by atoms with E-state index in [0.29, 0.717) is 41.3 Å². The number of H-pyrrole nitrogens is 1. The Labute approximate surface area is 289 Å². The Morgan fingerprint density at radius 2 is 1.90 bits per heavy atom. The number of nitrogens with zero attached hydrogens (tertiary/aromatic N) is 7. The molecule has 2 fully saturated rings. The van der Waals surface area contributed by atoms with E-state index < -0.39 is 29.0 Å². The Bertz CT molecular complexity index is 2150. The maximum absolute atomic E-state index is 14.9. The van der Waals surface area contributed by atoms with E-state index in [1.165, 1.54) is 12.3 Å². The minimum Gasteiger partial charge on any atom is -0.444 e. The highest BCUT2D eigenvalue weighted by Crippen LogP contribution is 2.50. The second-order valence-electron chi connectivity index (χ2n) is 13.4. The number of aromatic nitrogens is 6. The van der Waals surface area contributed by atoms with Crippen LogP contribution in [0.1, 0.15) is 67.7 Å². The lowest BCUT2D eigenvalue weighted by Gasteiger charge is -2.36. The molecule has 2 aliphatic heterocycles. The number of fused-ring (bicyclic) bond motifs is 2. The summed E-state index contributed by atoms with van der Waals surface area (Å²) in [5.74, 6) is -1.09. The van der Waals surface area contributed by atoms with Gasteiger partial charge in [0.05, 0.1) is 23.6 Å². The highest BCUT2D eigenvalue weighted by atomic mass is 35.5. The molecular formula is C35H31ClF4N8O2. The minimum atomic E-state index is -4.65. The average Bonchev–Trinajstić information content (AvgIpc) is 3.78. The maximum Gasteiger partial charge on any atom is 0.451 e. The zero-order chi connectivity index (χ0) is 34.8. The van der Waals surface area contributed by atoms with E-state index in [2.05, 4.69) is 26.0 Å². The summed E-state index contributed by atoms with van der Waals surface area (Å²) < 4.78 is 68.9. The fourth-order valence-corrected chi connectivity index (χ4v) is 7.39. The molecule has 3 aromatic heterocycles. The number of imidazole rings is 1. The van der Waals surface area contributed by atoms with E-state index in [1.54, 1.807) is 25.1 Å². The predicted octanol–water partition coefficient (Wildman–Crippen LogP) is 7.75. The van der Waals surface area contributed by atoms with Crippen LogP contribution in [-0.2, 0) is 25.1 Å². The largest absolute Gasteiger partial charge is 0.451 e. The predicted molar refractivity (Wildman–Crippen MR) is 174 cm³/mol. The van der Waals surface area contributed by atoms with Gasteiger partial charge in [0.2, 0.25) is 5.82 Å². The van der Waals surface area contributed by atoms with Gasteiger partial charge in [0, 0.05) is 35.8 Å². The average molecular weight is 707 g/mol. The fraction of sp³-hybridized carbons (Fsp3) is 0.400. The van der Waals surface area contributed by atoms with Crippen molar-refractivity contribution in [2.24, 2.45) is 5.41 Å². The number of hydrogen-bond donors (Lipinski definition) is 1. The molecule has 8 rings (SSSR count). The summed E-state index contributed by atoms with van der Waals surface area (Å²) in [6.45, 7) is 4.12. The molecule has 10 nitrogen and oxygen atoms in total. The lowest BCUT2D eigenvalue weighted by molar-refractivity contribution is -0.144. The molecule has 0 radical (unpaired) electrons. The van der Waals surface area contributed by atoms with Gasteiger partial charge >= 0.3 is 6.18 Å². The van der Waals surface area contributed by atoms with Gasteiger partial charge in [-0.05, 0) is 75.0 Å². The standard InChI is InChI=1S/C35H31ClF4N8O2/c1-33(24-7-6-22(36)15-25(24)37)49-27-5-2-4-23(29(27)50-33)20-8-12-47(13-9-20)17-28-43-26-14-21(30-44-32(46-45-30)35(38,39)40)16-42-31(26)48(28)19-34(18-41)10-3-11-34/h2,4-7,14-16,20H,3,8-13,17,19H2,1H3,(H,44,45,46). The number of ether oxygens (including phenoxy) is 2. The van der Waals surface area contributed by atoms with Crippen LogP contribution in [0.3, 0.4) is 0 Å². The van der Waals surface area contributed by atoms with Crippen LogP contribution in [0.15, 0.2) is 48.7 Å². The van der Waals surface area contributed by atoms with Crippen molar-refractivity contribution in [3.63, 3.8) is 0 Å². The number of pyridine rings is 1. The van der Waals surface area contributed by atoms with Crippen LogP contribution in [0.25, 0.3) is 22.6 Å². The molecule has 0 bridgehead atoms. The molecule has 1 aliphatic carbocycles. The number of alkyl halides is 3. The molecule has 1 saturated carbocycles. The molecule has 0 spiro atoms. The van der Waals surface area contributed by atoms with E-state index in [1.807, 2.05) is 27.9 Å². The number of hydrogen-bond acceptors (Lipinski definition) is 8. The summed E-state index contributed by atoms with van der Waals surface area (Å²) in [4.78, 5) is 15.4. The van der Waals surface area contributed by atoms with Gasteiger partial charge in [-0.25, -0.2) is 19.3 Å². The van der Waals surface area contributed by atoms with Crippen molar-refractivity contribution in [2.75, 3.05) is 13.1 Å². The van der Waals surface area contributed by atoms with E-state index in [0.717, 1.165) is 56.6 Å². The van der Waals surface area contributed by atoms with Crippen LogP contribution < -0.4 is 9.47 Å². The van der Waals surface area contributed by atoms with E-state index in [-0.39, 0.29) is 22.3 Å². The second kappa shape index (κ2) is 11.9. The van der Waals surface area contributed by atoms with Gasteiger partial charge < -0.3 is 14.0 Å². The molecule has 5 aromatic rings. The van der Waals surface area contributed by atoms with Gasteiger partial charge in [-0.15, -0.1) is 0 Å². The Kier molecular flexibility index (Phi) is 7.76. The maximum atomic E-state index is 14.9. The molecule has 1 N–H and O–H groups in total. The first kappa shape index (κ1) is 32.5. The second-order valence-corrected chi connectivity index (χ2v) is 13.9. The molecular weight excluding hydrogens is 676 g/mol. The smallest absolute Gasteiger partial charge is 0.444 e. The number of nitrogens with one attached hydrogen (secondary N) is 1. The zero-order valence-electron chi connectivity index (χ0n) is 26.9. The van der Waals surface area contributed by atoms with Crippen molar-refractivity contribution in [3.8, 4) is 29.0 Å². The molecule has 1 unspecified atom stereocenters. The molecule has 2 aromatic carbocycles. The summed E-state index contributed by atoms with van der Waals surface area (Å²) in [6, 6.07) is 14.3. The molecule has 15 heteroatoms. The lowest BCUT2D eigenvalue weighted by atomic mass is 9.70. The van der Waals surface area contributed by atoms with Crippen molar-refractivity contribution in [1.29, 1.82) is 5.26 Å². The third-order valence-corrected chi connectivity index (χ3v) is 10.3. The number of aromatic amines is 1. The van der Waals surface area contributed by atoms with Gasteiger partial charge in [-0.2, -0.15) is 23.5 Å². The molecule has 0 amide bonds. The number of halogens is 5. The molecule has 3 aliphatic rings. The number of piperidine rings is 1. The first-order valence-electron chi connectivity index (χ1n) is 16.4. The molecule has 5 heterocycles. The summed E-state index contributed by atoms with van der Waals surface area (Å²) >= 11 is 5.98. The minimum absolute atomic E-state index is 0.127. The highest BCUT2D eigenvalue weighted by molar-refractivity contribution is 6.30. The molecule has 258 valence electrons. The van der Waals surface area contributed by atoms with Gasteiger partial charge in [0.15, 0.2) is 23.0 Å². The quantitative estimate of drug-likeness (QED) is 0.171. The summed E-state index contributed by atoms with van der Waals surface area (Å²) in [7, 11) is 0. The van der Waals surface area contributed by atoms with Crippen LogP contribution in [0.5, 0.6) is 11.5 Å². The van der Waals surface area contributed by atoms with Crippen molar-refractivity contribution >= 4 is 22.8 Å². The van der Waals surface area contributed by atoms with Crippen LogP contribution >= 0.6 is 11.6 Å². The Hall–Kier alpha value is -4.74. The normalized spacial score (nSPS) is 20.6. The number of nitriles is 1. The number of rotatable bonds is 7. The van der Waals surface area contributed by atoms with Crippen LogP contribution in [0.4, 0.5) is 17.6 Å². The molecule has 1 saturated heterocycles. The summed E-state index contributed by atoms with van der Waals surface area (Å²) in [5, 5.41) is 16.0. The van der Waals surface area contributed by atoms with Gasteiger partial charge in [-0.1, -0.05) is 30.2 Å². The summed E-state index contributed by atoms with van der Waals surface area (Å²) in [6.07, 6.45) is 0.957. The lowest BCUT2D eigenvalue weighted by Crippen LogP contribution is -2.36. The van der Waals surface area contributed by atoms with E-state index in [9.17, 15) is 22.8 Å². The first-order valence-corrected chi connectivity index (χ1v) is 16.8. The van der Waals surface area contributed by atoms with Crippen molar-refractivity contribution < 1.29 is 27.0 Å². The van der Waals surface area contributed by atoms with E-state index in [4.69, 9.17) is 26.1 Å². The number of para-hydroxylation sites is 1.